The topological polar surface area (TPSA) is 38.3 Å². The lowest BCUT2D eigenvalue weighted by molar-refractivity contribution is -0.120. The van der Waals surface area contributed by atoms with Gasteiger partial charge in [-0.3, -0.25) is 4.79 Å². The smallest absolute Gasteiger partial charge is 0.227 e. The molecule has 0 aromatic heterocycles. The molecule has 2 rings (SSSR count). The molecule has 0 radical (unpaired) electrons. The molecule has 0 unspecified atom stereocenters. The standard InChI is InChI=1S/C11H13NO2/c1-14-9-4-2-8(3-5-9)10-6-7-12-11(10)13/h2-5,10H,6-7H2,1H3,(H,12,13)/t10-/m0/s1. The molecule has 14 heavy (non-hydrogen) atoms. The molecule has 1 heterocycles. The third-order valence-electron chi connectivity index (χ3n) is 2.57. The first-order valence-electron chi connectivity index (χ1n) is 4.73. The maximum absolute atomic E-state index is 11.4. The molecule has 1 aromatic carbocycles. The Labute approximate surface area is 83.1 Å². The molecule has 1 N–H and O–H groups in total. The molecule has 3 nitrogen and oxygen atoms in total. The van der Waals surface area contributed by atoms with Crippen LogP contribution in [0.1, 0.15) is 17.9 Å². The maximum atomic E-state index is 11.4. The van der Waals surface area contributed by atoms with E-state index in [-0.39, 0.29) is 11.8 Å². The van der Waals surface area contributed by atoms with Crippen LogP contribution in [0.3, 0.4) is 0 Å². The molecule has 0 spiro atoms. The summed E-state index contributed by atoms with van der Waals surface area (Å²) in [5.74, 6) is 0.989. The molecule has 0 saturated carbocycles. The van der Waals surface area contributed by atoms with Crippen LogP contribution >= 0.6 is 0 Å². The Balaban J connectivity index is 2.20. The zero-order valence-corrected chi connectivity index (χ0v) is 8.12. The second-order valence-electron chi connectivity index (χ2n) is 3.41. The molecule has 1 aliphatic heterocycles. The number of carbonyl (C=O) groups excluding carboxylic acids is 1. The van der Waals surface area contributed by atoms with Crippen molar-refractivity contribution in [2.24, 2.45) is 0 Å². The Hall–Kier alpha value is -1.51. The van der Waals surface area contributed by atoms with Crippen molar-refractivity contribution in [3.8, 4) is 5.75 Å². The summed E-state index contributed by atoms with van der Waals surface area (Å²) in [4.78, 5) is 11.4. The molecule has 1 fully saturated rings. The zero-order chi connectivity index (χ0) is 9.97. The van der Waals surface area contributed by atoms with Crippen molar-refractivity contribution in [1.82, 2.24) is 5.32 Å². The fraction of sp³-hybridized carbons (Fsp3) is 0.364. The van der Waals surface area contributed by atoms with Crippen molar-refractivity contribution < 1.29 is 9.53 Å². The van der Waals surface area contributed by atoms with E-state index in [4.69, 9.17) is 4.74 Å². The summed E-state index contributed by atoms with van der Waals surface area (Å²) < 4.78 is 5.06. The van der Waals surface area contributed by atoms with E-state index in [1.165, 1.54) is 0 Å². The van der Waals surface area contributed by atoms with E-state index < -0.39 is 0 Å². The minimum Gasteiger partial charge on any atom is -0.497 e. The summed E-state index contributed by atoms with van der Waals surface area (Å²) in [6.45, 7) is 0.787. The Morgan fingerprint density at radius 2 is 2.07 bits per heavy atom. The lowest BCUT2D eigenvalue weighted by atomic mass is 9.98. The van der Waals surface area contributed by atoms with Gasteiger partial charge >= 0.3 is 0 Å². The molecular formula is C11H13NO2. The van der Waals surface area contributed by atoms with Gasteiger partial charge in [0.05, 0.1) is 13.0 Å². The van der Waals surface area contributed by atoms with Crippen molar-refractivity contribution in [2.75, 3.05) is 13.7 Å². The lowest BCUT2D eigenvalue weighted by Crippen LogP contribution is -2.17. The van der Waals surface area contributed by atoms with Gasteiger partial charge in [0.1, 0.15) is 5.75 Å². The molecule has 74 valence electrons. The third kappa shape index (κ3) is 1.58. The van der Waals surface area contributed by atoms with E-state index in [1.54, 1.807) is 7.11 Å². The van der Waals surface area contributed by atoms with E-state index in [0.717, 1.165) is 24.3 Å². The van der Waals surface area contributed by atoms with Gasteiger partial charge < -0.3 is 10.1 Å². The Bertz CT molecular complexity index is 332. The predicted octanol–water partition coefficient (Wildman–Crippen LogP) is 1.30. The molecule has 1 atom stereocenters. The summed E-state index contributed by atoms with van der Waals surface area (Å²) in [7, 11) is 1.64. The fourth-order valence-corrected chi connectivity index (χ4v) is 1.75. The molecule has 1 aromatic rings. The number of ether oxygens (including phenoxy) is 1. The van der Waals surface area contributed by atoms with E-state index in [9.17, 15) is 4.79 Å². The van der Waals surface area contributed by atoms with Gasteiger partial charge in [-0.15, -0.1) is 0 Å². The highest BCUT2D eigenvalue weighted by Crippen LogP contribution is 2.24. The average Bonchev–Trinajstić information content (AvgIpc) is 2.65. The number of hydrogen-bond donors (Lipinski definition) is 1. The highest BCUT2D eigenvalue weighted by Gasteiger charge is 2.25. The van der Waals surface area contributed by atoms with Crippen LogP contribution in [-0.2, 0) is 4.79 Å². The quantitative estimate of drug-likeness (QED) is 0.765. The molecule has 1 aliphatic rings. The van der Waals surface area contributed by atoms with Crippen molar-refractivity contribution in [3.05, 3.63) is 29.8 Å². The normalized spacial score (nSPS) is 20.6. The molecule has 0 bridgehead atoms. The number of amides is 1. The van der Waals surface area contributed by atoms with Crippen LogP contribution in [0.5, 0.6) is 5.75 Å². The maximum Gasteiger partial charge on any atom is 0.227 e. The molecule has 0 aliphatic carbocycles. The van der Waals surface area contributed by atoms with Crippen LogP contribution in [0.15, 0.2) is 24.3 Å². The van der Waals surface area contributed by atoms with Gasteiger partial charge in [0.15, 0.2) is 0 Å². The SMILES string of the molecule is COc1ccc([C@@H]2CCNC2=O)cc1. The van der Waals surface area contributed by atoms with E-state index in [2.05, 4.69) is 5.32 Å². The largest absolute Gasteiger partial charge is 0.497 e. The van der Waals surface area contributed by atoms with Gasteiger partial charge in [-0.2, -0.15) is 0 Å². The van der Waals surface area contributed by atoms with Gasteiger partial charge in [-0.25, -0.2) is 0 Å². The van der Waals surface area contributed by atoms with Gasteiger partial charge in [0, 0.05) is 6.54 Å². The molecular weight excluding hydrogens is 178 g/mol. The monoisotopic (exact) mass is 191 g/mol. The molecule has 1 saturated heterocycles. The third-order valence-corrected chi connectivity index (χ3v) is 2.57. The first-order valence-corrected chi connectivity index (χ1v) is 4.73. The number of rotatable bonds is 2. The van der Waals surface area contributed by atoms with Gasteiger partial charge in [-0.1, -0.05) is 12.1 Å². The molecule has 1 amide bonds. The predicted molar refractivity (Wildman–Crippen MR) is 53.4 cm³/mol. The minimum absolute atomic E-state index is 0.0286. The first kappa shape index (κ1) is 9.06. The van der Waals surface area contributed by atoms with E-state index >= 15 is 0 Å². The van der Waals surface area contributed by atoms with Crippen LogP contribution in [0.4, 0.5) is 0 Å². The highest BCUT2D eigenvalue weighted by atomic mass is 16.5. The first-order chi connectivity index (χ1) is 6.81. The Kier molecular flexibility index (Phi) is 2.39. The van der Waals surface area contributed by atoms with Crippen molar-refractivity contribution in [1.29, 1.82) is 0 Å². The highest BCUT2D eigenvalue weighted by molar-refractivity contribution is 5.85. The van der Waals surface area contributed by atoms with Crippen LogP contribution in [0.25, 0.3) is 0 Å². The summed E-state index contributed by atoms with van der Waals surface area (Å²) in [5, 5.41) is 2.83. The minimum atomic E-state index is 0.0286. The lowest BCUT2D eigenvalue weighted by Gasteiger charge is -2.07. The van der Waals surface area contributed by atoms with E-state index in [1.807, 2.05) is 24.3 Å². The van der Waals surface area contributed by atoms with Gasteiger partial charge in [0.2, 0.25) is 5.91 Å². The summed E-state index contributed by atoms with van der Waals surface area (Å²) >= 11 is 0. The Morgan fingerprint density at radius 3 is 2.57 bits per heavy atom. The van der Waals surface area contributed by atoms with Crippen LogP contribution in [0, 0.1) is 0 Å². The summed E-state index contributed by atoms with van der Waals surface area (Å²) in [6, 6.07) is 7.69. The Morgan fingerprint density at radius 1 is 1.36 bits per heavy atom. The van der Waals surface area contributed by atoms with Crippen LogP contribution < -0.4 is 10.1 Å². The van der Waals surface area contributed by atoms with Gasteiger partial charge in [-0.05, 0) is 24.1 Å². The van der Waals surface area contributed by atoms with Crippen molar-refractivity contribution >= 4 is 5.91 Å². The van der Waals surface area contributed by atoms with Crippen molar-refractivity contribution in [2.45, 2.75) is 12.3 Å². The van der Waals surface area contributed by atoms with Crippen molar-refractivity contribution in [3.63, 3.8) is 0 Å². The summed E-state index contributed by atoms with van der Waals surface area (Å²) in [6.07, 6.45) is 0.894. The second kappa shape index (κ2) is 3.70. The number of nitrogens with one attached hydrogen (secondary N) is 1. The number of benzene rings is 1. The average molecular weight is 191 g/mol. The number of methoxy groups -OCH3 is 1. The number of carbonyl (C=O) groups is 1. The van der Waals surface area contributed by atoms with Gasteiger partial charge in [0.25, 0.3) is 0 Å². The van der Waals surface area contributed by atoms with E-state index in [0.29, 0.717) is 0 Å². The fourth-order valence-electron chi connectivity index (χ4n) is 1.75. The number of hydrogen-bond acceptors (Lipinski definition) is 2. The second-order valence-corrected chi connectivity index (χ2v) is 3.41. The summed E-state index contributed by atoms with van der Waals surface area (Å²) in [5.41, 5.74) is 1.07. The van der Waals surface area contributed by atoms with Crippen LogP contribution in [-0.4, -0.2) is 19.6 Å². The van der Waals surface area contributed by atoms with Crippen LogP contribution in [0.2, 0.25) is 0 Å². The molecule has 3 heteroatoms. The zero-order valence-electron chi connectivity index (χ0n) is 8.12.